The van der Waals surface area contributed by atoms with Gasteiger partial charge in [0, 0.05) is 41.9 Å². The van der Waals surface area contributed by atoms with Crippen molar-refractivity contribution in [1.29, 1.82) is 0 Å². The molecule has 0 spiro atoms. The van der Waals surface area contributed by atoms with E-state index in [1.54, 1.807) is 36.4 Å². The van der Waals surface area contributed by atoms with E-state index < -0.39 is 52.7 Å². The Balaban J connectivity index is 1.90. The first-order chi connectivity index (χ1) is 21.4. The molecule has 9 nitrogen and oxygen atoms in total. The summed E-state index contributed by atoms with van der Waals surface area (Å²) in [7, 11) is 0. The summed E-state index contributed by atoms with van der Waals surface area (Å²) in [5.74, 6) is -1.45. The quantitative estimate of drug-likeness (QED) is 0.0485. The number of nitrogens with zero attached hydrogens (tertiary/aromatic N) is 3. The fraction of sp³-hybridized carbons (Fsp3) is 0.300. The van der Waals surface area contributed by atoms with Gasteiger partial charge in [-0.05, 0) is 61.2 Å². The fourth-order valence-corrected chi connectivity index (χ4v) is 4.73. The number of alkyl halides is 7. The van der Waals surface area contributed by atoms with Gasteiger partial charge in [-0.15, -0.1) is 0 Å². The van der Waals surface area contributed by atoms with Gasteiger partial charge in [0.1, 0.15) is 5.10 Å². The van der Waals surface area contributed by atoms with E-state index in [1.807, 2.05) is 0 Å². The van der Waals surface area contributed by atoms with Gasteiger partial charge in [0.2, 0.25) is 0 Å². The molecule has 3 rings (SSSR count). The second-order valence-electron chi connectivity index (χ2n) is 10.2. The molecule has 0 aliphatic carbocycles. The number of amides is 1. The molecular formula is C30H28F7N5O4. The lowest BCUT2D eigenvalue weighted by atomic mass is 9.87. The molecule has 0 unspecified atom stereocenters. The van der Waals surface area contributed by atoms with Gasteiger partial charge in [0.05, 0.1) is 0 Å². The molecule has 0 heterocycles. The van der Waals surface area contributed by atoms with Crippen molar-refractivity contribution in [3.05, 3.63) is 110 Å². The number of carbonyl (C=O) groups is 2. The number of aryl methyl sites for hydroxylation is 2. The summed E-state index contributed by atoms with van der Waals surface area (Å²) >= 11 is 0. The Morgan fingerprint density at radius 3 is 2.00 bits per heavy atom. The summed E-state index contributed by atoms with van der Waals surface area (Å²) < 4.78 is 94.5. The van der Waals surface area contributed by atoms with E-state index in [0.29, 0.717) is 17.7 Å². The van der Waals surface area contributed by atoms with Crippen LogP contribution in [0.15, 0.2) is 71.8 Å². The van der Waals surface area contributed by atoms with E-state index in [1.165, 1.54) is 36.9 Å². The molecule has 0 saturated heterocycles. The lowest BCUT2D eigenvalue weighted by Gasteiger charge is -2.31. The Kier molecular flexibility index (Phi) is 10.8. The van der Waals surface area contributed by atoms with Crippen LogP contribution in [0.3, 0.4) is 0 Å². The van der Waals surface area contributed by atoms with E-state index in [-0.39, 0.29) is 47.5 Å². The standard InChI is InChI=1S/C30H28F7N5O4/c1-18-14-22(28(31,29(32,33)34)30(35,36)37)15-19(2)24(18)17-25(43)21-10-6-11-23(16-21)41(26(44)20-8-4-3-5-9-20)13-7-12-39-27(38)40-42(45)46/h3-6,8-11,14-16H,7,12-13,17H2,1-2H3,(H3,38,39,40). The van der Waals surface area contributed by atoms with Crippen LogP contribution in [0.2, 0.25) is 0 Å². The van der Waals surface area contributed by atoms with Gasteiger partial charge in [-0.1, -0.05) is 42.5 Å². The molecule has 0 aliphatic heterocycles. The minimum atomic E-state index is -6.28. The Morgan fingerprint density at radius 2 is 1.46 bits per heavy atom. The third-order valence-electron chi connectivity index (χ3n) is 7.01. The highest BCUT2D eigenvalue weighted by molar-refractivity contribution is 6.07. The molecule has 3 aromatic carbocycles. The number of benzene rings is 3. The molecule has 16 heteroatoms. The van der Waals surface area contributed by atoms with E-state index in [4.69, 9.17) is 5.73 Å². The van der Waals surface area contributed by atoms with Crippen molar-refractivity contribution in [3.63, 3.8) is 0 Å². The molecule has 3 aromatic rings. The van der Waals surface area contributed by atoms with Crippen molar-refractivity contribution in [2.45, 2.75) is 44.7 Å². The first kappa shape index (κ1) is 35.5. The number of hydrazone groups is 1. The second-order valence-corrected chi connectivity index (χ2v) is 10.2. The van der Waals surface area contributed by atoms with Crippen LogP contribution in [0.1, 0.15) is 49.4 Å². The molecule has 0 saturated carbocycles. The number of anilines is 1. The summed E-state index contributed by atoms with van der Waals surface area (Å²) in [6, 6.07) is 14.9. The molecule has 3 N–H and O–H groups in total. The van der Waals surface area contributed by atoms with Crippen molar-refractivity contribution in [1.82, 2.24) is 5.32 Å². The summed E-state index contributed by atoms with van der Waals surface area (Å²) in [4.78, 5) is 38.6. The number of carbonyl (C=O) groups excluding carboxylic acids is 2. The molecule has 46 heavy (non-hydrogen) atoms. The number of rotatable bonds is 11. The third-order valence-corrected chi connectivity index (χ3v) is 7.01. The highest BCUT2D eigenvalue weighted by atomic mass is 19.4. The average molecular weight is 656 g/mol. The van der Waals surface area contributed by atoms with E-state index in [2.05, 4.69) is 10.4 Å². The average Bonchev–Trinajstić information content (AvgIpc) is 2.97. The molecule has 0 fully saturated rings. The number of halogens is 7. The third kappa shape index (κ3) is 7.97. The smallest absolute Gasteiger partial charge is 0.365 e. The number of nitro groups is 1. The summed E-state index contributed by atoms with van der Waals surface area (Å²) in [6.07, 6.45) is -12.8. The zero-order valence-electron chi connectivity index (χ0n) is 24.4. The molecule has 246 valence electrons. The van der Waals surface area contributed by atoms with Gasteiger partial charge < -0.3 is 16.0 Å². The number of hydrogen-bond donors (Lipinski definition) is 2. The van der Waals surface area contributed by atoms with Gasteiger partial charge in [0.25, 0.3) is 11.9 Å². The van der Waals surface area contributed by atoms with Crippen LogP contribution in [0.5, 0.6) is 0 Å². The van der Waals surface area contributed by atoms with Crippen LogP contribution in [-0.4, -0.2) is 48.1 Å². The maximum atomic E-state index is 14.7. The summed E-state index contributed by atoms with van der Waals surface area (Å²) in [5, 5.41) is 15.0. The van der Waals surface area contributed by atoms with Crippen molar-refractivity contribution >= 4 is 23.3 Å². The monoisotopic (exact) mass is 655 g/mol. The lowest BCUT2D eigenvalue weighted by molar-refractivity contribution is -0.485. The Bertz CT molecular complexity index is 1590. The van der Waals surface area contributed by atoms with Gasteiger partial charge >= 0.3 is 18.0 Å². The van der Waals surface area contributed by atoms with Crippen molar-refractivity contribution < 1.29 is 45.4 Å². The van der Waals surface area contributed by atoms with E-state index in [9.17, 15) is 50.4 Å². The number of guanidine groups is 1. The number of ketones is 1. The topological polar surface area (TPSA) is 131 Å². The second kappa shape index (κ2) is 14.0. The number of nitrogens with one attached hydrogen (secondary N) is 1. The van der Waals surface area contributed by atoms with Gasteiger partial charge in [-0.2, -0.15) is 26.3 Å². The largest absolute Gasteiger partial charge is 0.435 e. The Morgan fingerprint density at radius 1 is 0.891 bits per heavy atom. The van der Waals surface area contributed by atoms with Crippen LogP contribution in [0, 0.1) is 24.0 Å². The predicted octanol–water partition coefficient (Wildman–Crippen LogP) is 6.15. The first-order valence-corrected chi connectivity index (χ1v) is 13.5. The minimum Gasteiger partial charge on any atom is -0.365 e. The first-order valence-electron chi connectivity index (χ1n) is 13.5. The Hall–Kier alpha value is -5.02. The molecule has 1 amide bonds. The molecule has 0 aliphatic rings. The van der Waals surface area contributed by atoms with E-state index in [0.717, 1.165) is 0 Å². The maximum Gasteiger partial charge on any atom is 0.435 e. The fourth-order valence-electron chi connectivity index (χ4n) is 4.73. The van der Waals surface area contributed by atoms with Crippen LogP contribution in [0.4, 0.5) is 36.4 Å². The lowest BCUT2D eigenvalue weighted by Crippen LogP contribution is -2.50. The predicted molar refractivity (Wildman–Crippen MR) is 155 cm³/mol. The van der Waals surface area contributed by atoms with Crippen LogP contribution < -0.4 is 16.0 Å². The molecular weight excluding hydrogens is 627 g/mol. The SMILES string of the molecule is Cc1cc(C(F)(C(F)(F)F)C(F)(F)F)cc(C)c1CC(=O)c1cccc(N(CCCN/C(N)=N\[N+](=O)[O-])C(=O)c2ccccc2)c1. The molecule has 0 atom stereocenters. The van der Waals surface area contributed by atoms with Gasteiger partial charge in [0.15, 0.2) is 10.8 Å². The van der Waals surface area contributed by atoms with Gasteiger partial charge in [-0.25, -0.2) is 14.5 Å². The zero-order valence-corrected chi connectivity index (χ0v) is 24.4. The van der Waals surface area contributed by atoms with Gasteiger partial charge in [-0.3, -0.25) is 9.59 Å². The molecule has 0 aromatic heterocycles. The Labute approximate surface area is 258 Å². The maximum absolute atomic E-state index is 14.7. The number of Topliss-reactive ketones (excluding diaryl/α,β-unsaturated/α-hetero) is 1. The van der Waals surface area contributed by atoms with Crippen LogP contribution in [-0.2, 0) is 12.1 Å². The number of hydrogen-bond acceptors (Lipinski definition) is 4. The van der Waals surface area contributed by atoms with Crippen molar-refractivity contribution in [3.8, 4) is 0 Å². The minimum absolute atomic E-state index is 0.0627. The zero-order chi connectivity index (χ0) is 34.4. The van der Waals surface area contributed by atoms with Crippen LogP contribution in [0.25, 0.3) is 0 Å². The molecule has 0 bridgehead atoms. The van der Waals surface area contributed by atoms with E-state index >= 15 is 0 Å². The van der Waals surface area contributed by atoms with Crippen molar-refractivity contribution in [2.24, 2.45) is 10.8 Å². The van der Waals surface area contributed by atoms with Crippen molar-refractivity contribution in [2.75, 3.05) is 18.0 Å². The summed E-state index contributed by atoms with van der Waals surface area (Å²) in [6.45, 7) is 2.52. The summed E-state index contributed by atoms with van der Waals surface area (Å²) in [5.41, 5.74) is -1.34. The highest BCUT2D eigenvalue weighted by Gasteiger charge is 2.73. The normalized spacial score (nSPS) is 12.5. The highest BCUT2D eigenvalue weighted by Crippen LogP contribution is 2.53. The molecule has 0 radical (unpaired) electrons. The van der Waals surface area contributed by atoms with Crippen LogP contribution >= 0.6 is 0 Å². The number of nitrogens with two attached hydrogens (primary N) is 1.